The third-order valence-corrected chi connectivity index (χ3v) is 3.94. The van der Waals surface area contributed by atoms with Crippen LogP contribution in [0.5, 0.6) is 0 Å². The van der Waals surface area contributed by atoms with E-state index in [0.717, 1.165) is 25.9 Å². The number of likely N-dealkylation sites (tertiary alicyclic amines) is 1. The van der Waals surface area contributed by atoms with Gasteiger partial charge in [0.1, 0.15) is 6.17 Å². The maximum absolute atomic E-state index is 13.2. The summed E-state index contributed by atoms with van der Waals surface area (Å²) in [6.07, 6.45) is 1.51. The normalized spacial score (nSPS) is 31.6. The van der Waals surface area contributed by atoms with Crippen molar-refractivity contribution in [2.75, 3.05) is 19.6 Å². The van der Waals surface area contributed by atoms with Gasteiger partial charge in [-0.05, 0) is 38.3 Å². The Labute approximate surface area is 107 Å². The third kappa shape index (κ3) is 3.18. The lowest BCUT2D eigenvalue weighted by Crippen LogP contribution is -2.50. The number of carbonyl (C=O) groups is 1. The van der Waals surface area contributed by atoms with Crippen LogP contribution in [0.1, 0.15) is 25.7 Å². The predicted molar refractivity (Wildman–Crippen MR) is 67.4 cm³/mol. The van der Waals surface area contributed by atoms with Gasteiger partial charge in [0, 0.05) is 6.42 Å². The van der Waals surface area contributed by atoms with Gasteiger partial charge in [0.15, 0.2) is 0 Å². The summed E-state index contributed by atoms with van der Waals surface area (Å²) in [7, 11) is 0. The molecule has 0 unspecified atom stereocenters. The number of amides is 1. The zero-order valence-electron chi connectivity index (χ0n) is 10.6. The highest BCUT2D eigenvalue weighted by molar-refractivity contribution is 5.82. The van der Waals surface area contributed by atoms with Crippen molar-refractivity contribution in [2.24, 2.45) is 17.4 Å². The minimum atomic E-state index is -1.00. The van der Waals surface area contributed by atoms with Gasteiger partial charge < -0.3 is 21.7 Å². The lowest BCUT2D eigenvalue weighted by atomic mass is 9.91. The fourth-order valence-electron chi connectivity index (χ4n) is 2.86. The Morgan fingerprint density at radius 1 is 1.44 bits per heavy atom. The van der Waals surface area contributed by atoms with E-state index in [0.29, 0.717) is 12.3 Å². The Kier molecular flexibility index (Phi) is 4.53. The molecule has 5 nitrogen and oxygen atoms in total. The minimum Gasteiger partial charge on any atom is -0.323 e. The molecule has 0 aromatic rings. The lowest BCUT2D eigenvalue weighted by molar-refractivity contribution is -0.134. The standard InChI is InChI=1S/C12H23FN4O/c13-9-6-11(15)17(7-9)12(18)10(14)5-8-1-3-16-4-2-8/h8-11,16H,1-7,14-15H2/t9-,10-,11-/m0/s1. The van der Waals surface area contributed by atoms with Gasteiger partial charge in [0.25, 0.3) is 0 Å². The van der Waals surface area contributed by atoms with Gasteiger partial charge in [-0.25, -0.2) is 4.39 Å². The Morgan fingerprint density at radius 2 is 2.11 bits per heavy atom. The van der Waals surface area contributed by atoms with Gasteiger partial charge in [-0.2, -0.15) is 0 Å². The zero-order chi connectivity index (χ0) is 13.1. The van der Waals surface area contributed by atoms with Crippen LogP contribution in [0.15, 0.2) is 0 Å². The molecule has 6 heteroatoms. The monoisotopic (exact) mass is 258 g/mol. The number of hydrogen-bond donors (Lipinski definition) is 3. The van der Waals surface area contributed by atoms with Crippen molar-refractivity contribution in [3.05, 3.63) is 0 Å². The molecule has 2 aliphatic rings. The van der Waals surface area contributed by atoms with Crippen LogP contribution in [0.4, 0.5) is 4.39 Å². The molecule has 18 heavy (non-hydrogen) atoms. The molecule has 2 aliphatic heterocycles. The molecule has 2 heterocycles. The van der Waals surface area contributed by atoms with Crippen LogP contribution < -0.4 is 16.8 Å². The number of piperidine rings is 1. The van der Waals surface area contributed by atoms with Gasteiger partial charge in [-0.3, -0.25) is 4.79 Å². The molecule has 0 aromatic carbocycles. The Balaban J connectivity index is 1.84. The van der Waals surface area contributed by atoms with Gasteiger partial charge in [0.05, 0.1) is 18.8 Å². The summed E-state index contributed by atoms with van der Waals surface area (Å²) in [5.41, 5.74) is 11.7. The Hall–Kier alpha value is -0.720. The van der Waals surface area contributed by atoms with Crippen molar-refractivity contribution in [2.45, 2.75) is 44.1 Å². The van der Waals surface area contributed by atoms with E-state index >= 15 is 0 Å². The first-order valence-electron chi connectivity index (χ1n) is 6.74. The molecule has 2 saturated heterocycles. The van der Waals surface area contributed by atoms with Crippen molar-refractivity contribution in [1.29, 1.82) is 0 Å². The molecule has 1 amide bonds. The predicted octanol–water partition coefficient (Wildman–Crippen LogP) is -0.441. The lowest BCUT2D eigenvalue weighted by Gasteiger charge is -2.28. The van der Waals surface area contributed by atoms with Crippen LogP contribution in [0.3, 0.4) is 0 Å². The summed E-state index contributed by atoms with van der Waals surface area (Å²) in [5.74, 6) is 0.298. The highest BCUT2D eigenvalue weighted by Crippen LogP contribution is 2.21. The van der Waals surface area contributed by atoms with Crippen molar-refractivity contribution in [3.8, 4) is 0 Å². The van der Waals surface area contributed by atoms with Crippen LogP contribution in [0, 0.1) is 5.92 Å². The van der Waals surface area contributed by atoms with Gasteiger partial charge in [-0.15, -0.1) is 0 Å². The fraction of sp³-hybridized carbons (Fsp3) is 0.917. The first-order chi connectivity index (χ1) is 8.58. The summed E-state index contributed by atoms with van der Waals surface area (Å²) >= 11 is 0. The van der Waals surface area contributed by atoms with Crippen molar-refractivity contribution >= 4 is 5.91 Å². The molecule has 0 aromatic heterocycles. The van der Waals surface area contributed by atoms with E-state index in [4.69, 9.17) is 11.5 Å². The molecule has 0 radical (unpaired) electrons. The van der Waals surface area contributed by atoms with Crippen LogP contribution in [-0.2, 0) is 4.79 Å². The molecule has 5 N–H and O–H groups in total. The second-order valence-corrected chi connectivity index (χ2v) is 5.43. The van der Waals surface area contributed by atoms with E-state index in [1.165, 1.54) is 4.90 Å². The van der Waals surface area contributed by atoms with Crippen molar-refractivity contribution in [1.82, 2.24) is 10.2 Å². The third-order valence-electron chi connectivity index (χ3n) is 3.94. The van der Waals surface area contributed by atoms with Gasteiger partial charge in [-0.1, -0.05) is 0 Å². The number of halogens is 1. The smallest absolute Gasteiger partial charge is 0.240 e. The topological polar surface area (TPSA) is 84.4 Å². The Bertz CT molecular complexity index is 296. The Morgan fingerprint density at radius 3 is 2.67 bits per heavy atom. The largest absolute Gasteiger partial charge is 0.323 e. The van der Waals surface area contributed by atoms with Gasteiger partial charge >= 0.3 is 0 Å². The van der Waals surface area contributed by atoms with Crippen LogP contribution in [-0.4, -0.2) is 48.8 Å². The first-order valence-corrected chi connectivity index (χ1v) is 6.74. The SMILES string of the molecule is N[C@@H]1C[C@H](F)CN1C(=O)[C@@H](N)CC1CCNCC1. The first kappa shape index (κ1) is 13.7. The fourth-order valence-corrected chi connectivity index (χ4v) is 2.86. The summed E-state index contributed by atoms with van der Waals surface area (Å²) < 4.78 is 13.2. The summed E-state index contributed by atoms with van der Waals surface area (Å²) in [4.78, 5) is 13.5. The molecule has 2 rings (SSSR count). The van der Waals surface area contributed by atoms with E-state index in [9.17, 15) is 9.18 Å². The number of nitrogens with two attached hydrogens (primary N) is 2. The maximum atomic E-state index is 13.2. The average molecular weight is 258 g/mol. The van der Waals surface area contributed by atoms with E-state index in [-0.39, 0.29) is 18.9 Å². The number of carbonyl (C=O) groups excluding carboxylic acids is 1. The van der Waals surface area contributed by atoms with E-state index in [1.807, 2.05) is 0 Å². The van der Waals surface area contributed by atoms with Crippen LogP contribution in [0.2, 0.25) is 0 Å². The van der Waals surface area contributed by atoms with Gasteiger partial charge in [0.2, 0.25) is 5.91 Å². The average Bonchev–Trinajstić information content (AvgIpc) is 2.68. The number of rotatable bonds is 3. The highest BCUT2D eigenvalue weighted by Gasteiger charge is 2.35. The number of hydrogen-bond acceptors (Lipinski definition) is 4. The number of nitrogens with zero attached hydrogens (tertiary/aromatic N) is 1. The van der Waals surface area contributed by atoms with Crippen LogP contribution in [0.25, 0.3) is 0 Å². The van der Waals surface area contributed by atoms with Crippen molar-refractivity contribution in [3.63, 3.8) is 0 Å². The zero-order valence-corrected chi connectivity index (χ0v) is 10.6. The molecule has 0 bridgehead atoms. The summed E-state index contributed by atoms with van der Waals surface area (Å²) in [6, 6.07) is -0.538. The molecule has 3 atom stereocenters. The molecule has 0 spiro atoms. The minimum absolute atomic E-state index is 0.0971. The maximum Gasteiger partial charge on any atom is 0.240 e. The summed E-state index contributed by atoms with van der Waals surface area (Å²) in [6.45, 7) is 2.07. The molecule has 0 aliphatic carbocycles. The number of nitrogens with one attached hydrogen (secondary N) is 1. The highest BCUT2D eigenvalue weighted by atomic mass is 19.1. The number of alkyl halides is 1. The summed E-state index contributed by atoms with van der Waals surface area (Å²) in [5, 5.41) is 3.28. The molecule has 104 valence electrons. The molecule has 0 saturated carbocycles. The molecule has 2 fully saturated rings. The molecular weight excluding hydrogens is 235 g/mol. The second kappa shape index (κ2) is 5.95. The van der Waals surface area contributed by atoms with E-state index in [2.05, 4.69) is 5.32 Å². The van der Waals surface area contributed by atoms with E-state index < -0.39 is 18.4 Å². The van der Waals surface area contributed by atoms with Crippen LogP contribution >= 0.6 is 0 Å². The second-order valence-electron chi connectivity index (χ2n) is 5.43. The van der Waals surface area contributed by atoms with Crippen molar-refractivity contribution < 1.29 is 9.18 Å². The van der Waals surface area contributed by atoms with E-state index in [1.54, 1.807) is 0 Å². The quantitative estimate of drug-likeness (QED) is 0.640. The molecular formula is C12H23FN4O.